The van der Waals surface area contributed by atoms with Crippen LogP contribution in [0, 0.1) is 0 Å². The Balaban J connectivity index is 2.38. The molecule has 0 aliphatic rings. The molecule has 2 aromatic rings. The van der Waals surface area contributed by atoms with Gasteiger partial charge in [-0.05, 0) is 13.8 Å². The van der Waals surface area contributed by atoms with Crippen molar-refractivity contribution >= 4 is 11.8 Å². The summed E-state index contributed by atoms with van der Waals surface area (Å²) < 4.78 is 11.7. The third-order valence-electron chi connectivity index (χ3n) is 2.64. The van der Waals surface area contributed by atoms with E-state index in [1.807, 2.05) is 6.92 Å². The molecule has 0 aliphatic carbocycles. The normalized spacial score (nSPS) is 10.2. The Morgan fingerprint density at radius 1 is 1.38 bits per heavy atom. The Morgan fingerprint density at radius 3 is 2.86 bits per heavy atom. The Bertz CT molecular complexity index is 626. The SMILES string of the molecule is CCNc1ncnc(-n2cc(C(=O)OCC)cn2)c1OC. The fourth-order valence-corrected chi connectivity index (χ4v) is 1.77. The lowest BCUT2D eigenvalue weighted by molar-refractivity contribution is 0.0526. The van der Waals surface area contributed by atoms with Crippen LogP contribution < -0.4 is 10.1 Å². The molecule has 0 radical (unpaired) electrons. The molecule has 0 amide bonds. The average molecular weight is 291 g/mol. The molecule has 21 heavy (non-hydrogen) atoms. The van der Waals surface area contributed by atoms with Crippen molar-refractivity contribution in [2.75, 3.05) is 25.6 Å². The molecule has 0 bridgehead atoms. The summed E-state index contributed by atoms with van der Waals surface area (Å²) >= 11 is 0. The number of anilines is 1. The molecule has 0 fully saturated rings. The Hall–Kier alpha value is -2.64. The van der Waals surface area contributed by atoms with Crippen molar-refractivity contribution in [1.82, 2.24) is 19.7 Å². The van der Waals surface area contributed by atoms with Crippen molar-refractivity contribution in [3.05, 3.63) is 24.3 Å². The average Bonchev–Trinajstić information content (AvgIpc) is 2.97. The molecule has 0 unspecified atom stereocenters. The minimum atomic E-state index is -0.427. The van der Waals surface area contributed by atoms with Crippen molar-refractivity contribution in [2.24, 2.45) is 0 Å². The standard InChI is InChI=1S/C13H17N5O3/c1-4-14-11-10(20-3)12(16-8-15-11)18-7-9(6-17-18)13(19)21-5-2/h6-8H,4-5H2,1-3H3,(H,14,15,16). The molecular weight excluding hydrogens is 274 g/mol. The first-order valence-corrected chi connectivity index (χ1v) is 6.56. The van der Waals surface area contributed by atoms with Gasteiger partial charge in [0.25, 0.3) is 0 Å². The fraction of sp³-hybridized carbons (Fsp3) is 0.385. The van der Waals surface area contributed by atoms with Gasteiger partial charge in [-0.2, -0.15) is 5.10 Å². The number of hydrogen-bond donors (Lipinski definition) is 1. The molecule has 8 heteroatoms. The van der Waals surface area contributed by atoms with Crippen LogP contribution in [0.1, 0.15) is 24.2 Å². The van der Waals surface area contributed by atoms with E-state index in [9.17, 15) is 4.79 Å². The van der Waals surface area contributed by atoms with Crippen LogP contribution >= 0.6 is 0 Å². The summed E-state index contributed by atoms with van der Waals surface area (Å²) in [5, 5.41) is 7.20. The van der Waals surface area contributed by atoms with Gasteiger partial charge in [-0.1, -0.05) is 0 Å². The molecule has 8 nitrogen and oxygen atoms in total. The lowest BCUT2D eigenvalue weighted by atomic mass is 10.4. The first-order chi connectivity index (χ1) is 10.2. The van der Waals surface area contributed by atoms with E-state index >= 15 is 0 Å². The molecule has 2 aromatic heterocycles. The summed E-state index contributed by atoms with van der Waals surface area (Å²) in [5.74, 6) is 1.04. The van der Waals surface area contributed by atoms with Crippen LogP contribution in [0.2, 0.25) is 0 Å². The minimum Gasteiger partial charge on any atom is -0.490 e. The van der Waals surface area contributed by atoms with Crippen LogP contribution in [0.4, 0.5) is 5.82 Å². The molecule has 0 saturated heterocycles. The predicted molar refractivity (Wildman–Crippen MR) is 75.8 cm³/mol. The molecule has 0 spiro atoms. The van der Waals surface area contributed by atoms with Gasteiger partial charge in [0.2, 0.25) is 11.6 Å². The summed E-state index contributed by atoms with van der Waals surface area (Å²) in [7, 11) is 1.53. The maximum Gasteiger partial charge on any atom is 0.341 e. The van der Waals surface area contributed by atoms with Crippen molar-refractivity contribution < 1.29 is 14.3 Å². The van der Waals surface area contributed by atoms with Crippen LogP contribution in [0.25, 0.3) is 5.82 Å². The first-order valence-electron chi connectivity index (χ1n) is 6.56. The molecule has 112 valence electrons. The summed E-state index contributed by atoms with van der Waals surface area (Å²) in [6.45, 7) is 4.71. The van der Waals surface area contributed by atoms with Gasteiger partial charge in [0.1, 0.15) is 6.33 Å². The highest BCUT2D eigenvalue weighted by molar-refractivity contribution is 5.88. The lowest BCUT2D eigenvalue weighted by Gasteiger charge is -2.11. The second-order valence-electron chi connectivity index (χ2n) is 4.00. The van der Waals surface area contributed by atoms with Gasteiger partial charge in [-0.25, -0.2) is 19.4 Å². The van der Waals surface area contributed by atoms with Crippen LogP contribution in [0.5, 0.6) is 5.75 Å². The molecule has 0 aliphatic heterocycles. The summed E-state index contributed by atoms with van der Waals surface area (Å²) in [6.07, 6.45) is 4.37. The Kier molecular flexibility index (Phi) is 4.70. The maximum absolute atomic E-state index is 11.7. The quantitative estimate of drug-likeness (QED) is 0.801. The zero-order valence-electron chi connectivity index (χ0n) is 12.2. The smallest absolute Gasteiger partial charge is 0.341 e. The van der Waals surface area contributed by atoms with Gasteiger partial charge in [0.05, 0.1) is 25.5 Å². The highest BCUT2D eigenvalue weighted by Gasteiger charge is 2.16. The van der Waals surface area contributed by atoms with Gasteiger partial charge in [-0.3, -0.25) is 0 Å². The number of nitrogens with one attached hydrogen (secondary N) is 1. The number of aromatic nitrogens is 4. The van der Waals surface area contributed by atoms with Gasteiger partial charge < -0.3 is 14.8 Å². The minimum absolute atomic E-state index is 0.311. The van der Waals surface area contributed by atoms with E-state index in [1.54, 1.807) is 13.1 Å². The molecule has 1 N–H and O–H groups in total. The number of methoxy groups -OCH3 is 1. The number of ether oxygens (including phenoxy) is 2. The van der Waals surface area contributed by atoms with E-state index < -0.39 is 5.97 Å². The fourth-order valence-electron chi connectivity index (χ4n) is 1.77. The highest BCUT2D eigenvalue weighted by atomic mass is 16.5. The molecule has 0 aromatic carbocycles. The molecule has 0 saturated carbocycles. The lowest BCUT2D eigenvalue weighted by Crippen LogP contribution is -2.08. The number of nitrogens with zero attached hydrogens (tertiary/aromatic N) is 4. The van der Waals surface area contributed by atoms with Gasteiger partial charge in [0, 0.05) is 12.7 Å². The maximum atomic E-state index is 11.7. The third kappa shape index (κ3) is 3.10. The molecular formula is C13H17N5O3. The van der Waals surface area contributed by atoms with Crippen LogP contribution in [0.3, 0.4) is 0 Å². The van der Waals surface area contributed by atoms with Crippen molar-refractivity contribution in [3.8, 4) is 11.6 Å². The number of carbonyl (C=O) groups excluding carboxylic acids is 1. The Labute approximate surface area is 122 Å². The van der Waals surface area contributed by atoms with E-state index in [2.05, 4.69) is 20.4 Å². The van der Waals surface area contributed by atoms with Crippen LogP contribution in [0.15, 0.2) is 18.7 Å². The summed E-state index contributed by atoms with van der Waals surface area (Å²) in [5.41, 5.74) is 0.350. The van der Waals surface area contributed by atoms with E-state index in [-0.39, 0.29) is 0 Å². The second kappa shape index (κ2) is 6.69. The number of carbonyl (C=O) groups is 1. The number of esters is 1. The van der Waals surface area contributed by atoms with Crippen LogP contribution in [-0.2, 0) is 4.74 Å². The molecule has 2 heterocycles. The summed E-state index contributed by atoms with van der Waals surface area (Å²) in [6, 6.07) is 0. The van der Waals surface area contributed by atoms with Crippen molar-refractivity contribution in [3.63, 3.8) is 0 Å². The zero-order valence-corrected chi connectivity index (χ0v) is 12.2. The number of rotatable bonds is 6. The first kappa shape index (κ1) is 14.8. The van der Waals surface area contributed by atoms with E-state index in [0.717, 1.165) is 0 Å². The topological polar surface area (TPSA) is 91.2 Å². The molecule has 0 atom stereocenters. The summed E-state index contributed by atoms with van der Waals surface area (Å²) in [4.78, 5) is 19.9. The largest absolute Gasteiger partial charge is 0.490 e. The van der Waals surface area contributed by atoms with E-state index in [0.29, 0.717) is 36.1 Å². The van der Waals surface area contributed by atoms with Crippen molar-refractivity contribution in [1.29, 1.82) is 0 Å². The zero-order chi connectivity index (χ0) is 15.2. The Morgan fingerprint density at radius 2 is 2.19 bits per heavy atom. The number of hydrogen-bond acceptors (Lipinski definition) is 7. The van der Waals surface area contributed by atoms with Crippen molar-refractivity contribution in [2.45, 2.75) is 13.8 Å². The highest BCUT2D eigenvalue weighted by Crippen LogP contribution is 2.27. The van der Waals surface area contributed by atoms with Gasteiger partial charge in [-0.15, -0.1) is 0 Å². The van der Waals surface area contributed by atoms with Gasteiger partial charge in [0.15, 0.2) is 5.82 Å². The monoisotopic (exact) mass is 291 g/mol. The second-order valence-corrected chi connectivity index (χ2v) is 4.00. The van der Waals surface area contributed by atoms with Crippen LogP contribution in [-0.4, -0.2) is 46.0 Å². The van der Waals surface area contributed by atoms with E-state index in [4.69, 9.17) is 9.47 Å². The third-order valence-corrected chi connectivity index (χ3v) is 2.64. The predicted octanol–water partition coefficient (Wildman–Crippen LogP) is 1.28. The molecule has 2 rings (SSSR count). The van der Waals surface area contributed by atoms with E-state index in [1.165, 1.54) is 24.3 Å². The van der Waals surface area contributed by atoms with Gasteiger partial charge >= 0.3 is 5.97 Å².